The Balaban J connectivity index is 2.57. The second-order valence-electron chi connectivity index (χ2n) is 4.93. The Kier molecular flexibility index (Phi) is 6.54. The SMILES string of the molecule is CCCCN(CC(N)=O)C(=O)N1CCCCCC1. The summed E-state index contributed by atoms with van der Waals surface area (Å²) in [4.78, 5) is 26.8. The maximum absolute atomic E-state index is 12.3. The van der Waals surface area contributed by atoms with Crippen molar-refractivity contribution < 1.29 is 9.59 Å². The molecule has 1 heterocycles. The molecule has 0 bridgehead atoms. The number of carbonyl (C=O) groups excluding carboxylic acids is 2. The smallest absolute Gasteiger partial charge is 0.320 e. The first-order valence-electron chi connectivity index (χ1n) is 6.97. The molecule has 1 fully saturated rings. The topological polar surface area (TPSA) is 66.6 Å². The van der Waals surface area contributed by atoms with E-state index in [-0.39, 0.29) is 12.6 Å². The third-order valence-electron chi connectivity index (χ3n) is 3.28. The second-order valence-corrected chi connectivity index (χ2v) is 4.93. The summed E-state index contributed by atoms with van der Waals surface area (Å²) in [7, 11) is 0. The monoisotopic (exact) mass is 255 g/mol. The van der Waals surface area contributed by atoms with Gasteiger partial charge in [0, 0.05) is 19.6 Å². The van der Waals surface area contributed by atoms with Gasteiger partial charge in [-0.15, -0.1) is 0 Å². The summed E-state index contributed by atoms with van der Waals surface area (Å²) >= 11 is 0. The molecule has 0 aliphatic carbocycles. The van der Waals surface area contributed by atoms with E-state index in [9.17, 15) is 9.59 Å². The summed E-state index contributed by atoms with van der Waals surface area (Å²) in [5, 5.41) is 0. The molecule has 5 nitrogen and oxygen atoms in total. The zero-order chi connectivity index (χ0) is 13.4. The van der Waals surface area contributed by atoms with Gasteiger partial charge in [0.1, 0.15) is 6.54 Å². The van der Waals surface area contributed by atoms with Crippen LogP contribution in [-0.2, 0) is 4.79 Å². The van der Waals surface area contributed by atoms with Gasteiger partial charge in [-0.3, -0.25) is 4.79 Å². The molecule has 0 spiro atoms. The third kappa shape index (κ3) is 4.94. The van der Waals surface area contributed by atoms with Crippen LogP contribution in [0.2, 0.25) is 0 Å². The molecule has 0 radical (unpaired) electrons. The first-order chi connectivity index (χ1) is 8.65. The van der Waals surface area contributed by atoms with Crippen molar-refractivity contribution in [2.75, 3.05) is 26.2 Å². The first kappa shape index (κ1) is 14.8. The summed E-state index contributed by atoms with van der Waals surface area (Å²) in [5.41, 5.74) is 5.21. The van der Waals surface area contributed by atoms with Crippen LogP contribution in [0.4, 0.5) is 4.79 Å². The number of hydrogen-bond donors (Lipinski definition) is 1. The standard InChI is InChI=1S/C13H25N3O2/c1-2-3-8-16(11-12(14)17)13(18)15-9-6-4-5-7-10-15/h2-11H2,1H3,(H2,14,17). The van der Waals surface area contributed by atoms with E-state index in [2.05, 4.69) is 6.92 Å². The Hall–Kier alpha value is -1.26. The van der Waals surface area contributed by atoms with Gasteiger partial charge < -0.3 is 15.5 Å². The van der Waals surface area contributed by atoms with Crippen LogP contribution in [0.25, 0.3) is 0 Å². The lowest BCUT2D eigenvalue weighted by Crippen LogP contribution is -2.47. The van der Waals surface area contributed by atoms with E-state index in [4.69, 9.17) is 5.73 Å². The fourth-order valence-corrected chi connectivity index (χ4v) is 2.24. The largest absolute Gasteiger partial charge is 0.368 e. The minimum Gasteiger partial charge on any atom is -0.368 e. The summed E-state index contributed by atoms with van der Waals surface area (Å²) in [6.07, 6.45) is 6.41. The molecular weight excluding hydrogens is 230 g/mol. The number of nitrogens with two attached hydrogens (primary N) is 1. The van der Waals surface area contributed by atoms with Crippen LogP contribution in [0.3, 0.4) is 0 Å². The van der Waals surface area contributed by atoms with Crippen LogP contribution in [0.15, 0.2) is 0 Å². The molecule has 104 valence electrons. The van der Waals surface area contributed by atoms with Crippen molar-refractivity contribution in [3.8, 4) is 0 Å². The maximum Gasteiger partial charge on any atom is 0.320 e. The fourth-order valence-electron chi connectivity index (χ4n) is 2.24. The zero-order valence-corrected chi connectivity index (χ0v) is 11.4. The Labute approximate surface area is 109 Å². The minimum atomic E-state index is -0.436. The van der Waals surface area contributed by atoms with Crippen molar-refractivity contribution in [2.45, 2.75) is 45.4 Å². The van der Waals surface area contributed by atoms with E-state index >= 15 is 0 Å². The number of unbranched alkanes of at least 4 members (excludes halogenated alkanes) is 1. The van der Waals surface area contributed by atoms with Gasteiger partial charge in [0.05, 0.1) is 0 Å². The molecule has 2 N–H and O–H groups in total. The van der Waals surface area contributed by atoms with Crippen molar-refractivity contribution in [1.82, 2.24) is 9.80 Å². The Morgan fingerprint density at radius 3 is 2.28 bits per heavy atom. The average Bonchev–Trinajstić information content (AvgIpc) is 2.61. The number of carbonyl (C=O) groups is 2. The van der Waals surface area contributed by atoms with Gasteiger partial charge in [-0.1, -0.05) is 26.2 Å². The average molecular weight is 255 g/mol. The molecule has 0 aromatic rings. The van der Waals surface area contributed by atoms with Gasteiger partial charge in [-0.2, -0.15) is 0 Å². The van der Waals surface area contributed by atoms with Gasteiger partial charge in [-0.05, 0) is 19.3 Å². The summed E-state index contributed by atoms with van der Waals surface area (Å²) in [6, 6.07) is -0.0239. The molecule has 5 heteroatoms. The molecule has 3 amide bonds. The lowest BCUT2D eigenvalue weighted by molar-refractivity contribution is -0.118. The minimum absolute atomic E-state index is 0.0239. The van der Waals surface area contributed by atoms with Gasteiger partial charge >= 0.3 is 6.03 Å². The molecule has 0 aromatic carbocycles. The van der Waals surface area contributed by atoms with Gasteiger partial charge in [0.25, 0.3) is 0 Å². The second kappa shape index (κ2) is 7.95. The normalized spacial score (nSPS) is 16.2. The lowest BCUT2D eigenvalue weighted by atomic mass is 10.2. The number of urea groups is 1. The molecule has 1 saturated heterocycles. The molecule has 18 heavy (non-hydrogen) atoms. The lowest BCUT2D eigenvalue weighted by Gasteiger charge is -2.29. The number of nitrogens with zero attached hydrogens (tertiary/aromatic N) is 2. The Bertz CT molecular complexity index is 273. The van der Waals surface area contributed by atoms with Crippen molar-refractivity contribution in [3.05, 3.63) is 0 Å². The van der Waals surface area contributed by atoms with Crippen LogP contribution in [0, 0.1) is 0 Å². The highest BCUT2D eigenvalue weighted by Gasteiger charge is 2.22. The third-order valence-corrected chi connectivity index (χ3v) is 3.28. The predicted molar refractivity (Wildman–Crippen MR) is 71.1 cm³/mol. The summed E-state index contributed by atoms with van der Waals surface area (Å²) in [6.45, 7) is 4.34. The number of hydrogen-bond acceptors (Lipinski definition) is 2. The highest BCUT2D eigenvalue weighted by atomic mass is 16.2. The Morgan fingerprint density at radius 1 is 1.17 bits per heavy atom. The number of likely N-dealkylation sites (tertiary alicyclic amines) is 1. The highest BCUT2D eigenvalue weighted by molar-refractivity contribution is 5.83. The van der Waals surface area contributed by atoms with E-state index in [0.717, 1.165) is 38.8 Å². The molecule has 1 aliphatic heterocycles. The maximum atomic E-state index is 12.3. The van der Waals surface area contributed by atoms with E-state index in [1.165, 1.54) is 12.8 Å². The summed E-state index contributed by atoms with van der Waals surface area (Å²) in [5.74, 6) is -0.436. The van der Waals surface area contributed by atoms with E-state index in [1.54, 1.807) is 4.90 Å². The molecule has 0 aromatic heterocycles. The van der Waals surface area contributed by atoms with E-state index in [1.807, 2.05) is 4.90 Å². The van der Waals surface area contributed by atoms with Crippen LogP contribution in [0.5, 0.6) is 0 Å². The van der Waals surface area contributed by atoms with Gasteiger partial charge in [0.2, 0.25) is 5.91 Å². The van der Waals surface area contributed by atoms with Crippen molar-refractivity contribution >= 4 is 11.9 Å². The van der Waals surface area contributed by atoms with Crippen LogP contribution in [0.1, 0.15) is 45.4 Å². The van der Waals surface area contributed by atoms with Crippen LogP contribution < -0.4 is 5.73 Å². The number of rotatable bonds is 5. The fraction of sp³-hybridized carbons (Fsp3) is 0.846. The van der Waals surface area contributed by atoms with Gasteiger partial charge in [-0.25, -0.2) is 4.79 Å². The number of amides is 3. The van der Waals surface area contributed by atoms with Gasteiger partial charge in [0.15, 0.2) is 0 Å². The van der Waals surface area contributed by atoms with E-state index in [0.29, 0.717) is 6.54 Å². The molecule has 0 saturated carbocycles. The zero-order valence-electron chi connectivity index (χ0n) is 11.4. The first-order valence-corrected chi connectivity index (χ1v) is 6.97. The predicted octanol–water partition coefficient (Wildman–Crippen LogP) is 1.57. The molecule has 1 rings (SSSR count). The summed E-state index contributed by atoms with van der Waals surface area (Å²) < 4.78 is 0. The molecule has 0 unspecified atom stereocenters. The molecular formula is C13H25N3O2. The van der Waals surface area contributed by atoms with Crippen LogP contribution >= 0.6 is 0 Å². The number of primary amides is 1. The quantitative estimate of drug-likeness (QED) is 0.810. The molecule has 0 atom stereocenters. The molecule has 1 aliphatic rings. The highest BCUT2D eigenvalue weighted by Crippen LogP contribution is 2.12. The van der Waals surface area contributed by atoms with E-state index < -0.39 is 5.91 Å². The van der Waals surface area contributed by atoms with Crippen molar-refractivity contribution in [1.29, 1.82) is 0 Å². The van der Waals surface area contributed by atoms with Crippen LogP contribution in [-0.4, -0.2) is 47.9 Å². The van der Waals surface area contributed by atoms with Crippen molar-refractivity contribution in [3.63, 3.8) is 0 Å². The Morgan fingerprint density at radius 2 is 1.78 bits per heavy atom. The van der Waals surface area contributed by atoms with Crippen molar-refractivity contribution in [2.24, 2.45) is 5.73 Å².